The molecule has 1 atom stereocenters. The molecule has 0 bridgehead atoms. The number of methoxy groups -OCH3 is 1. The van der Waals surface area contributed by atoms with Gasteiger partial charge < -0.3 is 4.74 Å². The van der Waals surface area contributed by atoms with Gasteiger partial charge in [0, 0.05) is 37.8 Å². The van der Waals surface area contributed by atoms with Crippen LogP contribution in [0.2, 0.25) is 0 Å². The molecule has 0 amide bonds. The van der Waals surface area contributed by atoms with Crippen LogP contribution < -0.4 is 4.74 Å². The smallest absolute Gasteiger partial charge is 0.118 e. The number of hydrogen-bond donors (Lipinski definition) is 0. The molecule has 1 heterocycles. The van der Waals surface area contributed by atoms with Crippen molar-refractivity contribution in [2.75, 3.05) is 26.7 Å². The Morgan fingerprint density at radius 3 is 2.29 bits per heavy atom. The summed E-state index contributed by atoms with van der Waals surface area (Å²) in [6.45, 7) is 15.9. The molecule has 1 fully saturated rings. The first-order valence-electron chi connectivity index (χ1n) is 10.5. The molecule has 0 aliphatic carbocycles. The second-order valence-electron chi connectivity index (χ2n) is 9.25. The Morgan fingerprint density at radius 1 is 1.00 bits per heavy atom. The number of piperazine rings is 1. The molecule has 28 heavy (non-hydrogen) atoms. The van der Waals surface area contributed by atoms with Crippen molar-refractivity contribution in [2.24, 2.45) is 0 Å². The summed E-state index contributed by atoms with van der Waals surface area (Å²) < 4.78 is 5.30. The molecule has 1 aliphatic rings. The predicted molar refractivity (Wildman–Crippen MR) is 118 cm³/mol. The minimum atomic E-state index is 0.154. The maximum Gasteiger partial charge on any atom is 0.118 e. The molecule has 0 aromatic heterocycles. The molecule has 2 aromatic carbocycles. The van der Waals surface area contributed by atoms with Crippen molar-refractivity contribution in [3.63, 3.8) is 0 Å². The van der Waals surface area contributed by atoms with Crippen molar-refractivity contribution in [2.45, 2.75) is 58.7 Å². The van der Waals surface area contributed by atoms with Gasteiger partial charge in [0.2, 0.25) is 0 Å². The average Bonchev–Trinajstić information content (AvgIpc) is 2.67. The van der Waals surface area contributed by atoms with Crippen molar-refractivity contribution < 1.29 is 4.74 Å². The lowest BCUT2D eigenvalue weighted by atomic mass is 9.88. The zero-order valence-corrected chi connectivity index (χ0v) is 18.4. The van der Waals surface area contributed by atoms with Gasteiger partial charge in [0.05, 0.1) is 7.11 Å². The van der Waals surface area contributed by atoms with E-state index in [9.17, 15) is 0 Å². The highest BCUT2D eigenvalue weighted by molar-refractivity contribution is 5.34. The van der Waals surface area contributed by atoms with E-state index in [4.69, 9.17) is 4.74 Å². The zero-order valence-electron chi connectivity index (χ0n) is 18.4. The summed E-state index contributed by atoms with van der Waals surface area (Å²) >= 11 is 0. The van der Waals surface area contributed by atoms with Gasteiger partial charge >= 0.3 is 0 Å². The van der Waals surface area contributed by atoms with Gasteiger partial charge in [0.25, 0.3) is 0 Å². The molecular formula is C25H36N2O. The van der Waals surface area contributed by atoms with Crippen LogP contribution in [0.15, 0.2) is 48.5 Å². The Bertz CT molecular complexity index is 761. The molecule has 3 nitrogen and oxygen atoms in total. The predicted octanol–water partition coefficient (Wildman–Crippen LogP) is 5.48. The second-order valence-corrected chi connectivity index (χ2v) is 9.25. The number of nitrogens with zero attached hydrogens (tertiary/aromatic N) is 2. The molecule has 0 saturated carbocycles. The molecule has 0 spiro atoms. The maximum atomic E-state index is 5.30. The van der Waals surface area contributed by atoms with E-state index in [0.29, 0.717) is 12.0 Å². The van der Waals surface area contributed by atoms with Crippen LogP contribution in [0.3, 0.4) is 0 Å². The molecular weight excluding hydrogens is 344 g/mol. The van der Waals surface area contributed by atoms with Crippen molar-refractivity contribution in [3.8, 4) is 5.75 Å². The number of ether oxygens (including phenoxy) is 1. The first-order valence-corrected chi connectivity index (χ1v) is 10.5. The lowest BCUT2D eigenvalue weighted by molar-refractivity contribution is 0.00554. The van der Waals surface area contributed by atoms with Crippen molar-refractivity contribution >= 4 is 0 Å². The Kier molecular flexibility index (Phi) is 6.47. The van der Waals surface area contributed by atoms with Crippen LogP contribution in [-0.2, 0) is 6.54 Å². The molecule has 0 N–H and O–H groups in total. The summed E-state index contributed by atoms with van der Waals surface area (Å²) in [4.78, 5) is 5.30. The van der Waals surface area contributed by atoms with Gasteiger partial charge in [-0.25, -0.2) is 0 Å². The van der Waals surface area contributed by atoms with Gasteiger partial charge in [-0.2, -0.15) is 0 Å². The number of hydrogen-bond acceptors (Lipinski definition) is 3. The Labute approximate surface area is 171 Å². The lowest BCUT2D eigenvalue weighted by Crippen LogP contribution is -2.55. The molecule has 2 aromatic rings. The second kappa shape index (κ2) is 8.67. The fourth-order valence-corrected chi connectivity index (χ4v) is 4.38. The zero-order chi connectivity index (χ0) is 20.3. The first-order chi connectivity index (χ1) is 13.3. The third-order valence-electron chi connectivity index (χ3n) is 5.87. The van der Waals surface area contributed by atoms with Crippen molar-refractivity contribution in [1.82, 2.24) is 9.80 Å². The normalized spacial score (nSPS) is 19.2. The summed E-state index contributed by atoms with van der Waals surface area (Å²) in [7, 11) is 1.72. The minimum Gasteiger partial charge on any atom is -0.497 e. The topological polar surface area (TPSA) is 15.7 Å². The largest absolute Gasteiger partial charge is 0.497 e. The number of benzene rings is 2. The highest BCUT2D eigenvalue weighted by Crippen LogP contribution is 2.36. The van der Waals surface area contributed by atoms with Crippen LogP contribution in [0.4, 0.5) is 0 Å². The monoisotopic (exact) mass is 380 g/mol. The summed E-state index contributed by atoms with van der Waals surface area (Å²) in [5, 5.41) is 0. The minimum absolute atomic E-state index is 0.154. The third-order valence-corrected chi connectivity index (χ3v) is 5.87. The molecule has 3 rings (SSSR count). The first kappa shape index (κ1) is 20.9. The van der Waals surface area contributed by atoms with Crippen LogP contribution in [-0.4, -0.2) is 42.1 Å². The van der Waals surface area contributed by atoms with Crippen LogP contribution in [0, 0.1) is 0 Å². The highest BCUT2D eigenvalue weighted by Gasteiger charge is 2.35. The van der Waals surface area contributed by atoms with E-state index in [1.807, 2.05) is 0 Å². The van der Waals surface area contributed by atoms with Gasteiger partial charge in [-0.1, -0.05) is 50.2 Å². The van der Waals surface area contributed by atoms with E-state index in [0.717, 1.165) is 31.9 Å². The fourth-order valence-electron chi connectivity index (χ4n) is 4.38. The average molecular weight is 381 g/mol. The van der Waals surface area contributed by atoms with E-state index in [1.165, 1.54) is 16.7 Å². The standard InChI is InChI=1S/C25H36N2O/c1-19(2)22-9-7-8-10-23(22)24-18-26(15-16-27(24)25(3,4)5)17-20-11-13-21(28-6)14-12-20/h7-14,19,24H,15-18H2,1-6H3. The van der Waals surface area contributed by atoms with Gasteiger partial charge in [-0.15, -0.1) is 0 Å². The van der Waals surface area contributed by atoms with Gasteiger partial charge in [0.15, 0.2) is 0 Å². The van der Waals surface area contributed by atoms with E-state index >= 15 is 0 Å². The van der Waals surface area contributed by atoms with Crippen molar-refractivity contribution in [3.05, 3.63) is 65.2 Å². The van der Waals surface area contributed by atoms with E-state index in [1.54, 1.807) is 7.11 Å². The van der Waals surface area contributed by atoms with E-state index in [2.05, 4.69) is 92.9 Å². The molecule has 1 unspecified atom stereocenters. The fraction of sp³-hybridized carbons (Fsp3) is 0.520. The Hall–Kier alpha value is -1.84. The summed E-state index contributed by atoms with van der Waals surface area (Å²) in [6, 6.07) is 17.9. The van der Waals surface area contributed by atoms with Crippen LogP contribution in [0.25, 0.3) is 0 Å². The Morgan fingerprint density at radius 2 is 1.68 bits per heavy atom. The molecule has 152 valence electrons. The van der Waals surface area contributed by atoms with Gasteiger partial charge in [0.1, 0.15) is 5.75 Å². The van der Waals surface area contributed by atoms with Gasteiger partial charge in [-0.05, 0) is 55.5 Å². The van der Waals surface area contributed by atoms with Gasteiger partial charge in [-0.3, -0.25) is 9.80 Å². The lowest BCUT2D eigenvalue weighted by Gasteiger charge is -2.49. The Balaban J connectivity index is 1.85. The van der Waals surface area contributed by atoms with Crippen molar-refractivity contribution in [1.29, 1.82) is 0 Å². The van der Waals surface area contributed by atoms with E-state index in [-0.39, 0.29) is 5.54 Å². The van der Waals surface area contributed by atoms with Crippen LogP contribution >= 0.6 is 0 Å². The SMILES string of the molecule is COc1ccc(CN2CCN(C(C)(C)C)C(c3ccccc3C(C)C)C2)cc1. The maximum absolute atomic E-state index is 5.30. The molecule has 3 heteroatoms. The number of rotatable bonds is 5. The molecule has 0 radical (unpaired) electrons. The summed E-state index contributed by atoms with van der Waals surface area (Å²) in [5.41, 5.74) is 4.47. The highest BCUT2D eigenvalue weighted by atomic mass is 16.5. The van der Waals surface area contributed by atoms with Crippen LogP contribution in [0.5, 0.6) is 5.75 Å². The summed E-state index contributed by atoms with van der Waals surface area (Å²) in [6.07, 6.45) is 0. The quantitative estimate of drug-likeness (QED) is 0.683. The molecule has 1 saturated heterocycles. The molecule has 1 aliphatic heterocycles. The third kappa shape index (κ3) is 4.76. The summed E-state index contributed by atoms with van der Waals surface area (Å²) in [5.74, 6) is 1.46. The van der Waals surface area contributed by atoms with Crippen LogP contribution in [0.1, 0.15) is 63.3 Å². The van der Waals surface area contributed by atoms with E-state index < -0.39 is 0 Å².